The SMILES string of the molecule is COC(=O)N1CCC[C@@H]2[C@@H](N3CCCC3)CCC[C@@H]21.COC(=O)N1CCC[C@@H]2[C@H](N3CCCC3)CCC[C@@H]21.COC(=O)N1CCC[C@@H]2[C@H](N3CCCC3)CCC[C@H]21.COC(=O)N1CCC[C@@H]2[C@H]1CCC[C@@H]2N1CCCC1.COC(=O)N1CCC[C@H]2[C@@H](N3CCCC3)CCC[C@@H]21.COC(=O)N1CCC[C@H]2[C@H](N3CCCC3)CCC[C@H]21. The molecule has 0 bridgehead atoms. The normalized spacial score (nSPS) is 36.1. The lowest BCUT2D eigenvalue weighted by atomic mass is 9.74. The van der Waals surface area contributed by atoms with Crippen LogP contribution in [0.1, 0.15) is 270 Å². The van der Waals surface area contributed by atoms with E-state index < -0.39 is 0 Å². The molecule has 6 saturated carbocycles. The first-order valence-corrected chi connectivity index (χ1v) is 47.4. The van der Waals surface area contributed by atoms with Crippen LogP contribution >= 0.6 is 0 Å². The molecule has 12 saturated heterocycles. The average Bonchev–Trinajstić information content (AvgIpc) is 1.35. The monoisotopic (exact) mass is 1600 g/mol. The second-order valence-corrected chi connectivity index (χ2v) is 37.7. The van der Waals surface area contributed by atoms with E-state index in [2.05, 4.69) is 29.4 Å². The summed E-state index contributed by atoms with van der Waals surface area (Å²) in [4.78, 5) is 99.9. The predicted molar refractivity (Wildman–Crippen MR) is 444 cm³/mol. The molecule has 0 spiro atoms. The Balaban J connectivity index is 0.000000119. The van der Waals surface area contributed by atoms with Gasteiger partial charge in [-0.15, -0.1) is 0 Å². The van der Waals surface area contributed by atoms with E-state index in [9.17, 15) is 28.8 Å². The lowest BCUT2D eigenvalue weighted by Gasteiger charge is -2.49. The van der Waals surface area contributed by atoms with Gasteiger partial charge in [0.2, 0.25) is 0 Å². The number of amides is 6. The maximum atomic E-state index is 11.9. The summed E-state index contributed by atoms with van der Waals surface area (Å²) in [5.41, 5.74) is 0. The van der Waals surface area contributed by atoms with Gasteiger partial charge >= 0.3 is 36.6 Å². The first-order valence-electron chi connectivity index (χ1n) is 47.4. The standard InChI is InChI=1S/6C15H26N2O2/c6*1-19-15(18)17-11-5-6-12-13(7-4-8-14(12)17)16-9-2-3-10-16/h6*12-14H,2-11H2,1H3/t2*12-,13+,14+;2*12-,13-,14+;2*12-,13-,14-/m101010/s1. The molecule has 114 heavy (non-hydrogen) atoms. The number of carbonyl (C=O) groups is 6. The first kappa shape index (κ1) is 87.2. The number of fused-ring (bicyclic) bond motifs is 6. The molecule has 24 nitrogen and oxygen atoms in total. The van der Waals surface area contributed by atoms with Crippen LogP contribution in [0.25, 0.3) is 0 Å². The van der Waals surface area contributed by atoms with Crippen molar-refractivity contribution in [2.24, 2.45) is 35.5 Å². The fourth-order valence-corrected chi connectivity index (χ4v) is 27.2. The van der Waals surface area contributed by atoms with Gasteiger partial charge in [-0.3, -0.25) is 0 Å². The maximum Gasteiger partial charge on any atom is 0.409 e. The molecular formula is C90H156N12O12. The molecule has 12 aliphatic heterocycles. The van der Waals surface area contributed by atoms with Crippen molar-refractivity contribution in [2.75, 3.05) is 160 Å². The Kier molecular flexibility index (Phi) is 33.3. The van der Waals surface area contributed by atoms with Gasteiger partial charge in [0.1, 0.15) is 0 Å². The molecular weight excluding hydrogens is 1440 g/mol. The second kappa shape index (κ2) is 43.6. The minimum absolute atomic E-state index is 0.114. The van der Waals surface area contributed by atoms with Crippen LogP contribution in [0, 0.1) is 35.5 Å². The van der Waals surface area contributed by atoms with Crippen molar-refractivity contribution < 1.29 is 57.2 Å². The zero-order valence-electron chi connectivity index (χ0n) is 72.1. The number of hydrogen-bond donors (Lipinski definition) is 0. The highest BCUT2D eigenvalue weighted by molar-refractivity contribution is 5.70. The van der Waals surface area contributed by atoms with Crippen molar-refractivity contribution in [1.29, 1.82) is 0 Å². The summed E-state index contributed by atoms with van der Waals surface area (Å²) >= 11 is 0. The lowest BCUT2D eigenvalue weighted by Crippen LogP contribution is -2.56. The van der Waals surface area contributed by atoms with Crippen molar-refractivity contribution in [3.05, 3.63) is 0 Å². The topological polar surface area (TPSA) is 197 Å². The molecule has 0 aromatic heterocycles. The van der Waals surface area contributed by atoms with E-state index in [0.29, 0.717) is 108 Å². The summed E-state index contributed by atoms with van der Waals surface area (Å²) in [5, 5.41) is 0. The van der Waals surface area contributed by atoms with Crippen LogP contribution in [-0.2, 0) is 28.4 Å². The Bertz CT molecular complexity index is 2460. The van der Waals surface area contributed by atoms with E-state index >= 15 is 0 Å². The molecule has 0 N–H and O–H groups in total. The van der Waals surface area contributed by atoms with E-state index in [0.717, 1.165) is 77.8 Å². The maximum absolute atomic E-state index is 11.9. The summed E-state index contributed by atoms with van der Waals surface area (Å²) in [7, 11) is 9.04. The largest absolute Gasteiger partial charge is 0.453 e. The van der Waals surface area contributed by atoms with E-state index in [1.165, 1.54) is 352 Å². The second-order valence-electron chi connectivity index (χ2n) is 37.7. The van der Waals surface area contributed by atoms with Gasteiger partial charge in [0.15, 0.2) is 0 Å². The van der Waals surface area contributed by atoms with Gasteiger partial charge in [-0.25, -0.2) is 28.8 Å². The molecule has 18 aliphatic rings. The molecule has 18 fully saturated rings. The molecule has 0 aromatic carbocycles. The first-order chi connectivity index (χ1) is 55.9. The summed E-state index contributed by atoms with van der Waals surface area (Å²) in [6.45, 7) is 20.6. The predicted octanol–water partition coefficient (Wildman–Crippen LogP) is 14.9. The number of methoxy groups -OCH3 is 6. The highest BCUT2D eigenvalue weighted by Gasteiger charge is 2.51. The number of piperidine rings is 6. The van der Waals surface area contributed by atoms with E-state index in [-0.39, 0.29) is 36.6 Å². The zero-order valence-corrected chi connectivity index (χ0v) is 72.1. The van der Waals surface area contributed by atoms with Gasteiger partial charge in [0.05, 0.1) is 42.7 Å². The molecule has 18 atom stereocenters. The number of carbonyl (C=O) groups excluding carboxylic acids is 6. The van der Waals surface area contributed by atoms with E-state index in [1.807, 2.05) is 29.4 Å². The third-order valence-corrected chi connectivity index (χ3v) is 32.1. The Hall–Kier alpha value is -4.62. The van der Waals surface area contributed by atoms with Crippen LogP contribution in [0.15, 0.2) is 0 Å². The quantitative estimate of drug-likeness (QED) is 0.227. The summed E-state index contributed by atoms with van der Waals surface area (Å²) in [6, 6.07) is 6.88. The third kappa shape index (κ3) is 20.9. The molecule has 648 valence electrons. The Morgan fingerprint density at radius 2 is 0.281 bits per heavy atom. The lowest BCUT2D eigenvalue weighted by molar-refractivity contribution is 0.00441. The van der Waals surface area contributed by atoms with Gasteiger partial charge in [-0.05, 0) is 384 Å². The van der Waals surface area contributed by atoms with Crippen LogP contribution in [0.3, 0.4) is 0 Å². The van der Waals surface area contributed by atoms with Gasteiger partial charge in [0.25, 0.3) is 0 Å². The highest BCUT2D eigenvalue weighted by Crippen LogP contribution is 2.46. The minimum Gasteiger partial charge on any atom is -0.453 e. The van der Waals surface area contributed by atoms with Gasteiger partial charge in [-0.1, -0.05) is 0 Å². The fraction of sp³-hybridized carbons (Fsp3) is 0.933. The van der Waals surface area contributed by atoms with Crippen LogP contribution in [0.2, 0.25) is 0 Å². The highest BCUT2D eigenvalue weighted by atomic mass is 16.6. The number of ether oxygens (including phenoxy) is 6. The minimum atomic E-state index is -0.114. The van der Waals surface area contributed by atoms with Crippen molar-refractivity contribution in [3.63, 3.8) is 0 Å². The van der Waals surface area contributed by atoms with Crippen molar-refractivity contribution >= 4 is 36.6 Å². The van der Waals surface area contributed by atoms with Gasteiger partial charge < -0.3 is 87.2 Å². The van der Waals surface area contributed by atoms with E-state index in [4.69, 9.17) is 28.4 Å². The Morgan fingerprint density at radius 1 is 0.158 bits per heavy atom. The third-order valence-electron chi connectivity index (χ3n) is 32.1. The molecule has 6 aliphatic carbocycles. The van der Waals surface area contributed by atoms with Crippen LogP contribution in [0.4, 0.5) is 28.8 Å². The number of nitrogens with zero attached hydrogens (tertiary/aromatic N) is 12. The molecule has 6 amide bonds. The van der Waals surface area contributed by atoms with Gasteiger partial charge in [0, 0.05) is 112 Å². The summed E-state index contributed by atoms with van der Waals surface area (Å²) in [5.74, 6) is 4.08. The van der Waals surface area contributed by atoms with Crippen LogP contribution in [-0.4, -0.2) is 328 Å². The van der Waals surface area contributed by atoms with Crippen molar-refractivity contribution in [3.8, 4) is 0 Å². The molecule has 0 radical (unpaired) electrons. The van der Waals surface area contributed by atoms with Gasteiger partial charge in [-0.2, -0.15) is 0 Å². The fourth-order valence-electron chi connectivity index (χ4n) is 27.2. The summed E-state index contributed by atoms with van der Waals surface area (Å²) in [6.07, 6.45) is 52.7. The smallest absolute Gasteiger partial charge is 0.409 e. The number of rotatable bonds is 6. The van der Waals surface area contributed by atoms with Crippen molar-refractivity contribution in [1.82, 2.24) is 58.8 Å². The van der Waals surface area contributed by atoms with Crippen LogP contribution < -0.4 is 0 Å². The Morgan fingerprint density at radius 3 is 0.404 bits per heavy atom. The van der Waals surface area contributed by atoms with Crippen molar-refractivity contribution in [2.45, 2.75) is 342 Å². The molecule has 0 aromatic rings. The molecule has 18 rings (SSSR count). The molecule has 12 heterocycles. The zero-order chi connectivity index (χ0) is 79.5. The molecule has 24 heteroatoms. The molecule has 0 unspecified atom stereocenters. The number of hydrogen-bond acceptors (Lipinski definition) is 18. The van der Waals surface area contributed by atoms with E-state index in [1.54, 1.807) is 0 Å². The Labute approximate surface area is 687 Å². The number of likely N-dealkylation sites (tertiary alicyclic amines) is 12. The average molecular weight is 1600 g/mol. The van der Waals surface area contributed by atoms with Crippen LogP contribution in [0.5, 0.6) is 0 Å². The summed E-state index contributed by atoms with van der Waals surface area (Å²) < 4.78 is 29.8.